The van der Waals surface area contributed by atoms with E-state index in [2.05, 4.69) is 12.2 Å². The van der Waals surface area contributed by atoms with Gasteiger partial charge in [-0.2, -0.15) is 13.2 Å². The molecule has 1 aromatic carbocycles. The molecule has 2 atom stereocenters. The van der Waals surface area contributed by atoms with Gasteiger partial charge in [-0.1, -0.05) is 13.3 Å². The van der Waals surface area contributed by atoms with Crippen molar-refractivity contribution in [2.45, 2.75) is 44.8 Å². The summed E-state index contributed by atoms with van der Waals surface area (Å²) >= 11 is 0. The fourth-order valence-electron chi connectivity index (χ4n) is 2.64. The Kier molecular flexibility index (Phi) is 4.02. The van der Waals surface area contributed by atoms with Crippen LogP contribution in [0.1, 0.15) is 38.2 Å². The average Bonchev–Trinajstić information content (AvgIpc) is 2.78. The van der Waals surface area contributed by atoms with Gasteiger partial charge in [0.05, 0.1) is 5.56 Å². The van der Waals surface area contributed by atoms with Crippen molar-refractivity contribution in [2.75, 3.05) is 5.32 Å². The SMILES string of the molecule is CCC1CCC(Nc2ccc(F)c(C(F)(F)F)c2)C1. The Morgan fingerprint density at radius 1 is 1.26 bits per heavy atom. The minimum atomic E-state index is -4.65. The molecule has 1 aliphatic rings. The second kappa shape index (κ2) is 5.39. The van der Waals surface area contributed by atoms with Crippen molar-refractivity contribution in [1.82, 2.24) is 0 Å². The van der Waals surface area contributed by atoms with Crippen LogP contribution < -0.4 is 5.32 Å². The van der Waals surface area contributed by atoms with Crippen molar-refractivity contribution in [3.8, 4) is 0 Å². The molecule has 1 fully saturated rings. The smallest absolute Gasteiger partial charge is 0.382 e. The monoisotopic (exact) mass is 275 g/mol. The van der Waals surface area contributed by atoms with Crippen molar-refractivity contribution in [1.29, 1.82) is 0 Å². The van der Waals surface area contributed by atoms with E-state index in [-0.39, 0.29) is 6.04 Å². The van der Waals surface area contributed by atoms with Gasteiger partial charge in [0.2, 0.25) is 0 Å². The normalized spacial score (nSPS) is 23.6. The molecule has 0 aromatic heterocycles. The van der Waals surface area contributed by atoms with Crippen molar-refractivity contribution >= 4 is 5.69 Å². The molecular formula is C14H17F4N. The van der Waals surface area contributed by atoms with Crippen LogP contribution in [0.4, 0.5) is 23.2 Å². The second-order valence-corrected chi connectivity index (χ2v) is 5.12. The molecule has 0 bridgehead atoms. The molecule has 1 aliphatic carbocycles. The standard InChI is InChI=1S/C14H17F4N/c1-2-9-3-4-10(7-9)19-11-5-6-13(15)12(8-11)14(16,17)18/h5-6,8-10,19H,2-4,7H2,1H3. The van der Waals surface area contributed by atoms with E-state index in [0.29, 0.717) is 11.6 Å². The second-order valence-electron chi connectivity index (χ2n) is 5.12. The molecule has 0 spiro atoms. The van der Waals surface area contributed by atoms with Gasteiger partial charge >= 0.3 is 6.18 Å². The highest BCUT2D eigenvalue weighted by molar-refractivity contribution is 5.48. The maximum atomic E-state index is 13.1. The van der Waals surface area contributed by atoms with Gasteiger partial charge in [-0.3, -0.25) is 0 Å². The number of anilines is 1. The van der Waals surface area contributed by atoms with Crippen LogP contribution in [0.25, 0.3) is 0 Å². The predicted molar refractivity (Wildman–Crippen MR) is 66.4 cm³/mol. The van der Waals surface area contributed by atoms with Crippen LogP contribution in [-0.2, 0) is 6.18 Å². The lowest BCUT2D eigenvalue weighted by Gasteiger charge is -2.16. The Bertz CT molecular complexity index is 442. The van der Waals surface area contributed by atoms with E-state index in [9.17, 15) is 17.6 Å². The van der Waals surface area contributed by atoms with Crippen LogP contribution in [0.3, 0.4) is 0 Å². The zero-order valence-corrected chi connectivity index (χ0v) is 10.7. The van der Waals surface area contributed by atoms with E-state index < -0.39 is 17.6 Å². The van der Waals surface area contributed by atoms with Gasteiger partial charge < -0.3 is 5.32 Å². The van der Waals surface area contributed by atoms with Crippen LogP contribution in [-0.4, -0.2) is 6.04 Å². The zero-order valence-electron chi connectivity index (χ0n) is 10.7. The molecular weight excluding hydrogens is 258 g/mol. The fourth-order valence-corrected chi connectivity index (χ4v) is 2.64. The number of alkyl halides is 3. The summed E-state index contributed by atoms with van der Waals surface area (Å²) in [7, 11) is 0. The summed E-state index contributed by atoms with van der Waals surface area (Å²) in [5.74, 6) is -0.587. The summed E-state index contributed by atoms with van der Waals surface area (Å²) in [5, 5.41) is 3.08. The topological polar surface area (TPSA) is 12.0 Å². The Hall–Kier alpha value is -1.26. The first kappa shape index (κ1) is 14.2. The molecule has 0 aliphatic heterocycles. The van der Waals surface area contributed by atoms with Crippen molar-refractivity contribution in [2.24, 2.45) is 5.92 Å². The minimum absolute atomic E-state index is 0.191. The quantitative estimate of drug-likeness (QED) is 0.779. The van der Waals surface area contributed by atoms with Crippen molar-refractivity contribution in [3.05, 3.63) is 29.6 Å². The number of hydrogen-bond acceptors (Lipinski definition) is 1. The van der Waals surface area contributed by atoms with Gasteiger partial charge in [0, 0.05) is 11.7 Å². The number of benzene rings is 1. The highest BCUT2D eigenvalue weighted by atomic mass is 19.4. The molecule has 1 nitrogen and oxygen atoms in total. The number of nitrogens with one attached hydrogen (secondary N) is 1. The minimum Gasteiger partial charge on any atom is -0.382 e. The van der Waals surface area contributed by atoms with Crippen LogP contribution in [0.2, 0.25) is 0 Å². The fraction of sp³-hybridized carbons (Fsp3) is 0.571. The summed E-state index contributed by atoms with van der Waals surface area (Å²) in [4.78, 5) is 0. The Labute approximate surface area is 110 Å². The number of halogens is 4. The molecule has 2 rings (SSSR count). The van der Waals surface area contributed by atoms with Gasteiger partial charge in [-0.25, -0.2) is 4.39 Å². The molecule has 2 unspecified atom stereocenters. The van der Waals surface area contributed by atoms with Gasteiger partial charge in [-0.05, 0) is 43.4 Å². The summed E-state index contributed by atoms with van der Waals surface area (Å²) in [5.41, 5.74) is -0.863. The highest BCUT2D eigenvalue weighted by Crippen LogP contribution is 2.34. The molecule has 0 radical (unpaired) electrons. The largest absolute Gasteiger partial charge is 0.419 e. The first-order chi connectivity index (χ1) is 8.90. The molecule has 1 saturated carbocycles. The number of hydrogen-bond donors (Lipinski definition) is 1. The molecule has 106 valence electrons. The van der Waals surface area contributed by atoms with Crippen LogP contribution in [0.5, 0.6) is 0 Å². The van der Waals surface area contributed by atoms with Gasteiger partial charge in [0.1, 0.15) is 5.82 Å². The zero-order chi connectivity index (χ0) is 14.0. The molecule has 19 heavy (non-hydrogen) atoms. The third-order valence-electron chi connectivity index (χ3n) is 3.76. The lowest BCUT2D eigenvalue weighted by molar-refractivity contribution is -0.139. The third-order valence-corrected chi connectivity index (χ3v) is 3.76. The number of rotatable bonds is 3. The van der Waals surface area contributed by atoms with E-state index in [1.54, 1.807) is 0 Å². The maximum Gasteiger partial charge on any atom is 0.419 e. The molecule has 1 N–H and O–H groups in total. The average molecular weight is 275 g/mol. The summed E-state index contributed by atoms with van der Waals surface area (Å²) in [6, 6.07) is 3.28. The van der Waals surface area contributed by atoms with Gasteiger partial charge in [0.25, 0.3) is 0 Å². The van der Waals surface area contributed by atoms with Crippen LogP contribution in [0, 0.1) is 11.7 Å². The third kappa shape index (κ3) is 3.39. The molecule has 0 amide bonds. The van der Waals surface area contributed by atoms with Gasteiger partial charge in [0.15, 0.2) is 0 Å². The van der Waals surface area contributed by atoms with Crippen molar-refractivity contribution in [3.63, 3.8) is 0 Å². The van der Waals surface area contributed by atoms with Gasteiger partial charge in [-0.15, -0.1) is 0 Å². The first-order valence-electron chi connectivity index (χ1n) is 6.53. The van der Waals surface area contributed by atoms with E-state index in [0.717, 1.165) is 37.8 Å². The Morgan fingerprint density at radius 3 is 2.58 bits per heavy atom. The molecule has 1 aromatic rings. The Morgan fingerprint density at radius 2 is 2.00 bits per heavy atom. The van der Waals surface area contributed by atoms with E-state index in [1.807, 2.05) is 0 Å². The lowest BCUT2D eigenvalue weighted by Crippen LogP contribution is -2.16. The lowest BCUT2D eigenvalue weighted by atomic mass is 10.1. The van der Waals surface area contributed by atoms with Crippen LogP contribution in [0.15, 0.2) is 18.2 Å². The van der Waals surface area contributed by atoms with E-state index in [1.165, 1.54) is 6.07 Å². The Balaban J connectivity index is 2.10. The summed E-state index contributed by atoms with van der Waals surface area (Å²) < 4.78 is 50.9. The predicted octanol–water partition coefficient (Wildman–Crippen LogP) is 4.84. The first-order valence-corrected chi connectivity index (χ1v) is 6.53. The van der Waals surface area contributed by atoms with E-state index >= 15 is 0 Å². The van der Waals surface area contributed by atoms with E-state index in [4.69, 9.17) is 0 Å². The van der Waals surface area contributed by atoms with Crippen LogP contribution >= 0.6 is 0 Å². The molecule has 0 heterocycles. The highest BCUT2D eigenvalue weighted by Gasteiger charge is 2.34. The van der Waals surface area contributed by atoms with Crippen molar-refractivity contribution < 1.29 is 17.6 Å². The molecule has 0 saturated heterocycles. The molecule has 5 heteroatoms. The summed E-state index contributed by atoms with van der Waals surface area (Å²) in [6.45, 7) is 2.12. The maximum absolute atomic E-state index is 13.1. The summed E-state index contributed by atoms with van der Waals surface area (Å²) in [6.07, 6.45) is -0.535.